The molecule has 2 nitrogen and oxygen atoms in total. The Bertz CT molecular complexity index is 778. The van der Waals surface area contributed by atoms with Gasteiger partial charge in [-0.15, -0.1) is 0 Å². The molecule has 0 atom stereocenters. The van der Waals surface area contributed by atoms with Gasteiger partial charge >= 0.3 is 0 Å². The second-order valence-electron chi connectivity index (χ2n) is 12.1. The Morgan fingerprint density at radius 1 is 0.487 bits per heavy atom. The average Bonchev–Trinajstić information content (AvgIpc) is 3.37. The Balaban J connectivity index is 1.63. The lowest BCUT2D eigenvalue weighted by atomic mass is 10.0. The van der Waals surface area contributed by atoms with E-state index >= 15 is 0 Å². The number of benzene rings is 1. The second kappa shape index (κ2) is 24.2. The highest BCUT2D eigenvalue weighted by Gasteiger charge is 2.18. The second-order valence-corrected chi connectivity index (χ2v) is 12.1. The van der Waals surface area contributed by atoms with Gasteiger partial charge in [0, 0.05) is 6.42 Å². The molecule has 1 heterocycles. The fourth-order valence-corrected chi connectivity index (χ4v) is 6.00. The number of hydrogen-bond donors (Lipinski definition) is 0. The summed E-state index contributed by atoms with van der Waals surface area (Å²) in [5.74, 6) is 1.50. The summed E-state index contributed by atoms with van der Waals surface area (Å²) in [7, 11) is 0. The van der Waals surface area contributed by atoms with E-state index in [1.54, 1.807) is 0 Å². The van der Waals surface area contributed by atoms with E-state index in [2.05, 4.69) is 65.7 Å². The van der Waals surface area contributed by atoms with E-state index in [0.717, 1.165) is 0 Å². The normalized spacial score (nSPS) is 11.4. The van der Waals surface area contributed by atoms with Gasteiger partial charge in [-0.25, -0.2) is 4.57 Å². The first-order valence-corrected chi connectivity index (χ1v) is 17.5. The van der Waals surface area contributed by atoms with Gasteiger partial charge in [0.1, 0.15) is 18.1 Å². The van der Waals surface area contributed by atoms with Gasteiger partial charge in [0.15, 0.2) is 0 Å². The van der Waals surface area contributed by atoms with Crippen molar-refractivity contribution in [1.82, 2.24) is 4.57 Å². The van der Waals surface area contributed by atoms with E-state index < -0.39 is 0 Å². The Morgan fingerprint density at radius 3 is 1.36 bits per heavy atom. The molecule has 0 saturated heterocycles. The van der Waals surface area contributed by atoms with Crippen molar-refractivity contribution in [2.24, 2.45) is 0 Å². The van der Waals surface area contributed by atoms with E-state index in [-0.39, 0.29) is 0 Å². The van der Waals surface area contributed by atoms with E-state index in [9.17, 15) is 0 Å². The monoisotopic (exact) mass is 538 g/mol. The predicted octanol–water partition coefficient (Wildman–Crippen LogP) is 11.7. The van der Waals surface area contributed by atoms with Crippen molar-refractivity contribution in [3.05, 3.63) is 48.5 Å². The van der Waals surface area contributed by atoms with Crippen LogP contribution in [0.3, 0.4) is 0 Å². The summed E-state index contributed by atoms with van der Waals surface area (Å²) in [6.45, 7) is 5.78. The van der Waals surface area contributed by atoms with Gasteiger partial charge in [0.2, 0.25) is 0 Å². The summed E-state index contributed by atoms with van der Waals surface area (Å²) in [6.07, 6.45) is 39.8. The lowest BCUT2D eigenvalue weighted by molar-refractivity contribution is -0.704. The molecule has 0 radical (unpaired) electrons. The first-order valence-electron chi connectivity index (χ1n) is 17.5. The molecule has 0 aliphatic heterocycles. The number of nitrogens with zero attached hydrogens (tertiary/aromatic N) is 2. The highest BCUT2D eigenvalue weighted by molar-refractivity contribution is 5.31. The number of imidazole rings is 1. The molecule has 2 aromatic rings. The zero-order chi connectivity index (χ0) is 27.6. The van der Waals surface area contributed by atoms with Crippen molar-refractivity contribution in [3.63, 3.8) is 0 Å². The van der Waals surface area contributed by atoms with Crippen molar-refractivity contribution in [2.75, 3.05) is 0 Å². The lowest BCUT2D eigenvalue weighted by Gasteiger charge is -2.07. The third-order valence-corrected chi connectivity index (χ3v) is 8.55. The molecule has 0 aliphatic rings. The minimum absolute atomic E-state index is 1.17. The Hall–Kier alpha value is -1.57. The third kappa shape index (κ3) is 16.3. The van der Waals surface area contributed by atoms with Gasteiger partial charge in [0.05, 0.1) is 6.54 Å². The summed E-state index contributed by atoms with van der Waals surface area (Å²) in [4.78, 5) is 0. The Kier molecular flexibility index (Phi) is 20.9. The van der Waals surface area contributed by atoms with Crippen LogP contribution in [0.4, 0.5) is 0 Å². The van der Waals surface area contributed by atoms with Crippen molar-refractivity contribution < 1.29 is 4.57 Å². The molecule has 0 unspecified atom stereocenters. The van der Waals surface area contributed by atoms with Crippen LogP contribution in [0.1, 0.15) is 174 Å². The molecule has 2 rings (SSSR count). The molecule has 0 saturated carbocycles. The topological polar surface area (TPSA) is 8.81 Å². The molecule has 222 valence electrons. The van der Waals surface area contributed by atoms with Gasteiger partial charge in [-0.2, -0.15) is 4.57 Å². The average molecular weight is 538 g/mol. The van der Waals surface area contributed by atoms with Crippen LogP contribution in [0.2, 0.25) is 0 Å². The molecule has 0 spiro atoms. The fourth-order valence-electron chi connectivity index (χ4n) is 6.00. The maximum absolute atomic E-state index is 2.56. The molecule has 0 N–H and O–H groups in total. The largest absolute Gasteiger partial charge is 0.261 e. The highest BCUT2D eigenvalue weighted by Crippen LogP contribution is 2.16. The summed E-state index contributed by atoms with van der Waals surface area (Å²) in [5, 5.41) is 0. The molecule has 39 heavy (non-hydrogen) atoms. The van der Waals surface area contributed by atoms with Crippen LogP contribution in [0.25, 0.3) is 5.69 Å². The van der Waals surface area contributed by atoms with Crippen LogP contribution in [0.5, 0.6) is 0 Å². The van der Waals surface area contributed by atoms with E-state index in [1.165, 1.54) is 179 Å². The molecule has 2 heteroatoms. The molecular weight excluding hydrogens is 472 g/mol. The van der Waals surface area contributed by atoms with E-state index in [4.69, 9.17) is 0 Å². The van der Waals surface area contributed by atoms with Crippen molar-refractivity contribution >= 4 is 0 Å². The van der Waals surface area contributed by atoms with Crippen LogP contribution < -0.4 is 4.57 Å². The van der Waals surface area contributed by atoms with Gasteiger partial charge in [-0.3, -0.25) is 0 Å². The standard InChI is InChI=1S/C37H65N2/c1-3-5-7-9-11-13-15-16-17-19-21-23-28-32-37-38(34-35-39(37)36-30-26-25-27-31-36)33-29-24-22-20-18-14-12-10-8-6-4-2/h25-27,30-31,34-35H,3-24,28-29,32-33H2,1-2H3/q+1. The summed E-state index contributed by atoms with van der Waals surface area (Å²) in [5.41, 5.74) is 1.31. The molecule has 0 bridgehead atoms. The van der Waals surface area contributed by atoms with Gasteiger partial charge in [-0.1, -0.05) is 167 Å². The smallest absolute Gasteiger partial charge is 0.234 e. The number of unbranched alkanes of at least 4 members (excludes halogenated alkanes) is 22. The van der Waals surface area contributed by atoms with Gasteiger partial charge < -0.3 is 0 Å². The quantitative estimate of drug-likeness (QED) is 0.0791. The summed E-state index contributed by atoms with van der Waals surface area (Å²) >= 11 is 0. The number of aromatic nitrogens is 2. The van der Waals surface area contributed by atoms with Crippen LogP contribution in [0, 0.1) is 0 Å². The van der Waals surface area contributed by atoms with Gasteiger partial charge in [-0.05, 0) is 31.4 Å². The van der Waals surface area contributed by atoms with Gasteiger partial charge in [0.25, 0.3) is 5.82 Å². The summed E-state index contributed by atoms with van der Waals surface area (Å²) < 4.78 is 5.00. The maximum Gasteiger partial charge on any atom is 0.261 e. The van der Waals surface area contributed by atoms with Crippen LogP contribution >= 0.6 is 0 Å². The number of rotatable bonds is 27. The minimum Gasteiger partial charge on any atom is -0.234 e. The molecule has 0 amide bonds. The van der Waals surface area contributed by atoms with E-state index in [1.807, 2.05) is 0 Å². The summed E-state index contributed by atoms with van der Waals surface area (Å²) in [6, 6.07) is 11.0. The zero-order valence-electron chi connectivity index (χ0n) is 26.3. The molecule has 0 fully saturated rings. The van der Waals surface area contributed by atoms with Crippen molar-refractivity contribution in [3.8, 4) is 5.69 Å². The first kappa shape index (κ1) is 33.6. The van der Waals surface area contributed by atoms with E-state index in [0.29, 0.717) is 0 Å². The minimum atomic E-state index is 1.17. The third-order valence-electron chi connectivity index (χ3n) is 8.55. The lowest BCUT2D eigenvalue weighted by Crippen LogP contribution is -2.37. The fraction of sp³-hybridized carbons (Fsp3) is 0.757. The van der Waals surface area contributed by atoms with Crippen LogP contribution in [0.15, 0.2) is 42.7 Å². The van der Waals surface area contributed by atoms with Crippen molar-refractivity contribution in [2.45, 2.75) is 181 Å². The Morgan fingerprint density at radius 2 is 0.897 bits per heavy atom. The number of hydrogen-bond acceptors (Lipinski definition) is 0. The maximum atomic E-state index is 2.56. The molecule has 1 aromatic heterocycles. The first-order chi connectivity index (χ1) is 19.4. The number of para-hydroxylation sites is 1. The Labute approximate surface area is 244 Å². The predicted molar refractivity (Wildman–Crippen MR) is 172 cm³/mol. The highest BCUT2D eigenvalue weighted by atomic mass is 15.1. The van der Waals surface area contributed by atoms with Crippen LogP contribution in [-0.2, 0) is 13.0 Å². The molecular formula is C37H65N2+. The number of aryl methyl sites for hydroxylation is 1. The van der Waals surface area contributed by atoms with Crippen molar-refractivity contribution in [1.29, 1.82) is 0 Å². The molecule has 0 aliphatic carbocycles. The molecule has 1 aromatic carbocycles. The SMILES string of the molecule is CCCCCCCCCCCCCCCc1n(-c2ccccc2)cc[n+]1CCCCCCCCCCCCC. The zero-order valence-corrected chi connectivity index (χ0v) is 26.3. The van der Waals surface area contributed by atoms with Crippen LogP contribution in [-0.4, -0.2) is 4.57 Å².